The van der Waals surface area contributed by atoms with Crippen molar-refractivity contribution in [3.05, 3.63) is 47.2 Å². The Morgan fingerprint density at radius 1 is 1.09 bits per heavy atom. The molecule has 2 aromatic rings. The summed E-state index contributed by atoms with van der Waals surface area (Å²) < 4.78 is 0. The van der Waals surface area contributed by atoms with E-state index in [9.17, 15) is 0 Å². The summed E-state index contributed by atoms with van der Waals surface area (Å²) in [6.45, 7) is 9.65. The van der Waals surface area contributed by atoms with Gasteiger partial charge in [-0.1, -0.05) is 6.07 Å². The third kappa shape index (κ3) is 4.80. The maximum Gasteiger partial charge on any atom is 0.132 e. The first-order valence-electron chi connectivity index (χ1n) is 12.4. The molecule has 0 bridgehead atoms. The van der Waals surface area contributed by atoms with Gasteiger partial charge in [-0.25, -0.2) is 9.97 Å². The van der Waals surface area contributed by atoms with Crippen molar-refractivity contribution in [1.82, 2.24) is 30.1 Å². The predicted octanol–water partition coefficient (Wildman–Crippen LogP) is 2.56. The molecule has 0 radical (unpaired) electrons. The Morgan fingerprint density at radius 2 is 1.91 bits per heavy atom. The molecule has 2 saturated heterocycles. The van der Waals surface area contributed by atoms with Gasteiger partial charge < -0.3 is 10.2 Å². The molecule has 32 heavy (non-hydrogen) atoms. The second-order valence-corrected chi connectivity index (χ2v) is 9.64. The van der Waals surface area contributed by atoms with Gasteiger partial charge in [-0.05, 0) is 57.7 Å². The average molecular weight is 436 g/mol. The highest BCUT2D eigenvalue weighted by molar-refractivity contribution is 5.40. The van der Waals surface area contributed by atoms with Crippen LogP contribution in [0.25, 0.3) is 0 Å². The van der Waals surface area contributed by atoms with Crippen molar-refractivity contribution in [2.45, 2.75) is 57.7 Å². The van der Waals surface area contributed by atoms with Gasteiger partial charge in [-0.2, -0.15) is 0 Å². The van der Waals surface area contributed by atoms with Crippen LogP contribution in [0.1, 0.15) is 54.5 Å². The van der Waals surface area contributed by atoms with Crippen LogP contribution in [0.15, 0.2) is 24.4 Å². The number of anilines is 1. The average Bonchev–Trinajstić information content (AvgIpc) is 2.84. The molecule has 0 saturated carbocycles. The zero-order valence-corrected chi connectivity index (χ0v) is 19.6. The number of nitrogens with zero attached hydrogens (tertiary/aromatic N) is 6. The van der Waals surface area contributed by atoms with E-state index in [-0.39, 0.29) is 0 Å². The molecule has 3 aliphatic rings. The van der Waals surface area contributed by atoms with Gasteiger partial charge in [0.1, 0.15) is 11.6 Å². The molecule has 5 rings (SSSR count). The molecule has 0 aromatic carbocycles. The third-order valence-electron chi connectivity index (χ3n) is 7.44. The fraction of sp³-hybridized carbons (Fsp3) is 0.640. The maximum atomic E-state index is 4.81. The Hall–Kier alpha value is -2.09. The molecule has 1 N–H and O–H groups in total. The molecule has 172 valence electrons. The van der Waals surface area contributed by atoms with Crippen LogP contribution in [0, 0.1) is 6.92 Å². The van der Waals surface area contributed by atoms with Crippen molar-refractivity contribution in [3.63, 3.8) is 0 Å². The first-order chi connectivity index (χ1) is 15.7. The number of rotatable bonds is 5. The smallest absolute Gasteiger partial charge is 0.132 e. The lowest BCUT2D eigenvalue weighted by atomic mass is 9.91. The first kappa shape index (κ1) is 21.7. The van der Waals surface area contributed by atoms with Crippen molar-refractivity contribution in [2.24, 2.45) is 0 Å². The zero-order chi connectivity index (χ0) is 21.9. The highest BCUT2D eigenvalue weighted by Crippen LogP contribution is 2.33. The van der Waals surface area contributed by atoms with Gasteiger partial charge in [-0.3, -0.25) is 14.8 Å². The Bertz CT molecular complexity index is 903. The van der Waals surface area contributed by atoms with Crippen LogP contribution in [0.5, 0.6) is 0 Å². The lowest BCUT2D eigenvalue weighted by Crippen LogP contribution is -2.52. The molecular weight excluding hydrogens is 398 g/mol. The number of piperidine rings is 1. The lowest BCUT2D eigenvalue weighted by molar-refractivity contribution is 0.150. The lowest BCUT2D eigenvalue weighted by Gasteiger charge is -2.40. The minimum Gasteiger partial charge on any atom is -0.356 e. The zero-order valence-electron chi connectivity index (χ0n) is 19.6. The predicted molar refractivity (Wildman–Crippen MR) is 128 cm³/mol. The van der Waals surface area contributed by atoms with Gasteiger partial charge in [0, 0.05) is 64.1 Å². The summed E-state index contributed by atoms with van der Waals surface area (Å²) in [4.78, 5) is 21.9. The Kier molecular flexibility index (Phi) is 6.67. The van der Waals surface area contributed by atoms with Crippen molar-refractivity contribution >= 4 is 5.82 Å². The number of aryl methyl sites for hydroxylation is 2. The summed E-state index contributed by atoms with van der Waals surface area (Å²) >= 11 is 0. The highest BCUT2D eigenvalue weighted by Gasteiger charge is 2.28. The summed E-state index contributed by atoms with van der Waals surface area (Å²) in [6.07, 6.45) is 7.92. The fourth-order valence-corrected chi connectivity index (χ4v) is 5.74. The van der Waals surface area contributed by atoms with E-state index in [1.54, 1.807) is 0 Å². The maximum absolute atomic E-state index is 4.81. The monoisotopic (exact) mass is 435 g/mol. The van der Waals surface area contributed by atoms with E-state index in [1.807, 2.05) is 13.1 Å². The van der Waals surface area contributed by atoms with Gasteiger partial charge >= 0.3 is 0 Å². The number of piperazine rings is 1. The molecule has 2 aromatic heterocycles. The molecular formula is C25H37N7. The third-order valence-corrected chi connectivity index (χ3v) is 7.44. The van der Waals surface area contributed by atoms with E-state index in [0.29, 0.717) is 6.04 Å². The van der Waals surface area contributed by atoms with Gasteiger partial charge in [-0.15, -0.1) is 0 Å². The number of hydrogen-bond donors (Lipinski definition) is 1. The summed E-state index contributed by atoms with van der Waals surface area (Å²) in [5.41, 5.74) is 3.77. The molecule has 1 aliphatic carbocycles. The number of nitrogens with one attached hydrogen (secondary N) is 1. The molecule has 0 amide bonds. The van der Waals surface area contributed by atoms with Gasteiger partial charge in [0.25, 0.3) is 0 Å². The molecule has 0 unspecified atom stereocenters. The van der Waals surface area contributed by atoms with Crippen molar-refractivity contribution in [3.8, 4) is 0 Å². The van der Waals surface area contributed by atoms with Crippen LogP contribution in [0.2, 0.25) is 0 Å². The first-order valence-corrected chi connectivity index (χ1v) is 12.4. The molecule has 2 fully saturated rings. The van der Waals surface area contributed by atoms with Gasteiger partial charge in [0.05, 0.1) is 17.4 Å². The number of pyridine rings is 1. The molecule has 2 aliphatic heterocycles. The Balaban J connectivity index is 1.25. The number of fused-ring (bicyclic) bond motifs is 1. The molecule has 7 nitrogen and oxygen atoms in total. The minimum atomic E-state index is 0.369. The van der Waals surface area contributed by atoms with E-state index >= 15 is 0 Å². The largest absolute Gasteiger partial charge is 0.356 e. The second-order valence-electron chi connectivity index (χ2n) is 9.64. The summed E-state index contributed by atoms with van der Waals surface area (Å²) in [7, 11) is 2.21. The van der Waals surface area contributed by atoms with E-state index in [4.69, 9.17) is 15.0 Å². The standard InChI is InChI=1S/C25H37N7/c1-19-28-21(18-30(2)23-7-3-5-20-6-4-10-27-25(20)23)17-24(29-19)32-13-8-22(9-14-32)31-15-11-26-12-16-31/h4,6,10,17,22-23,26H,3,5,7-9,11-16,18H2,1-2H3/t23-/m0/s1. The van der Waals surface area contributed by atoms with E-state index < -0.39 is 0 Å². The Labute approximate surface area is 192 Å². The summed E-state index contributed by atoms with van der Waals surface area (Å²) in [5, 5.41) is 3.47. The molecule has 7 heteroatoms. The van der Waals surface area contributed by atoms with E-state index in [1.165, 1.54) is 43.6 Å². The molecule has 4 heterocycles. The van der Waals surface area contributed by atoms with E-state index in [0.717, 1.165) is 68.9 Å². The van der Waals surface area contributed by atoms with E-state index in [2.05, 4.69) is 45.3 Å². The fourth-order valence-electron chi connectivity index (χ4n) is 5.74. The number of hydrogen-bond acceptors (Lipinski definition) is 7. The van der Waals surface area contributed by atoms with Gasteiger partial charge in [0.15, 0.2) is 0 Å². The number of aromatic nitrogens is 3. The normalized spacial score (nSPS) is 22.8. The minimum absolute atomic E-state index is 0.369. The van der Waals surface area contributed by atoms with Crippen LogP contribution < -0.4 is 10.2 Å². The van der Waals surface area contributed by atoms with Gasteiger partial charge in [0.2, 0.25) is 0 Å². The van der Waals surface area contributed by atoms with Crippen LogP contribution in [-0.4, -0.2) is 77.1 Å². The summed E-state index contributed by atoms with van der Waals surface area (Å²) in [6, 6.07) is 7.61. The quantitative estimate of drug-likeness (QED) is 0.774. The Morgan fingerprint density at radius 3 is 2.72 bits per heavy atom. The van der Waals surface area contributed by atoms with Crippen LogP contribution >= 0.6 is 0 Å². The molecule has 0 spiro atoms. The topological polar surface area (TPSA) is 60.4 Å². The highest BCUT2D eigenvalue weighted by atomic mass is 15.3. The summed E-state index contributed by atoms with van der Waals surface area (Å²) in [5.74, 6) is 1.97. The van der Waals surface area contributed by atoms with Crippen molar-refractivity contribution in [1.29, 1.82) is 0 Å². The van der Waals surface area contributed by atoms with Crippen LogP contribution in [-0.2, 0) is 13.0 Å². The van der Waals surface area contributed by atoms with Crippen molar-refractivity contribution in [2.75, 3.05) is 51.2 Å². The molecule has 1 atom stereocenters. The SMILES string of the molecule is Cc1nc(CN(C)[C@H]2CCCc3cccnc32)cc(N2CCC(N3CCNCC3)CC2)n1. The van der Waals surface area contributed by atoms with Crippen molar-refractivity contribution < 1.29 is 0 Å². The second kappa shape index (κ2) is 9.81. The van der Waals surface area contributed by atoms with Crippen LogP contribution in [0.4, 0.5) is 5.82 Å². The van der Waals surface area contributed by atoms with Crippen LogP contribution in [0.3, 0.4) is 0 Å².